The highest BCUT2D eigenvalue weighted by Crippen LogP contribution is 1.99. The Hall–Kier alpha value is -0.960. The number of halogens is 1. The molecule has 0 spiro atoms. The number of rotatable bonds is 1. The summed E-state index contributed by atoms with van der Waals surface area (Å²) in [6.45, 7) is -0.412. The number of hydrogen-bond donors (Lipinski definition) is 0. The second kappa shape index (κ2) is 2.55. The lowest BCUT2D eigenvalue weighted by Crippen LogP contribution is -1.84. The van der Waals surface area contributed by atoms with Crippen molar-refractivity contribution in [1.29, 1.82) is 0 Å². The van der Waals surface area contributed by atoms with Crippen molar-refractivity contribution in [3.63, 3.8) is 0 Å². The van der Waals surface area contributed by atoms with Crippen LogP contribution in [0.1, 0.15) is 5.56 Å². The van der Waals surface area contributed by atoms with Crippen molar-refractivity contribution in [2.75, 3.05) is 0 Å². The first-order valence-electron chi connectivity index (χ1n) is 2.50. The zero-order chi connectivity index (χ0) is 6.69. The lowest BCUT2D eigenvalue weighted by molar-refractivity contribution is 0.177. The van der Waals surface area contributed by atoms with Crippen molar-refractivity contribution in [3.05, 3.63) is 29.8 Å². The van der Waals surface area contributed by atoms with Crippen LogP contribution in [0, 0.1) is 5.82 Å². The van der Waals surface area contributed by atoms with Crippen LogP contribution in [-0.2, 0) is 11.7 Å². The molecule has 0 saturated heterocycles. The van der Waals surface area contributed by atoms with Gasteiger partial charge < -0.3 is 0 Å². The molecule has 1 aromatic rings. The lowest BCUT2D eigenvalue weighted by atomic mass is 10.3. The highest BCUT2D eigenvalue weighted by Gasteiger charge is 1.92. The minimum Gasteiger partial charge on any atom is -0.261 e. The maximum Gasteiger partial charge on any atom is 0.141 e. The summed E-state index contributed by atoms with van der Waals surface area (Å²) in [7, 11) is 0. The SMILES string of the molecule is [O]Cc1cncc(F)c1. The molecule has 1 rings (SSSR count). The molecule has 2 nitrogen and oxygen atoms in total. The summed E-state index contributed by atoms with van der Waals surface area (Å²) in [5.41, 5.74) is 0.384. The van der Waals surface area contributed by atoms with Gasteiger partial charge in [0.2, 0.25) is 0 Å². The Morgan fingerprint density at radius 3 is 2.78 bits per heavy atom. The molecule has 1 radical (unpaired) electrons. The van der Waals surface area contributed by atoms with Crippen LogP contribution in [0.15, 0.2) is 18.5 Å². The molecule has 9 heavy (non-hydrogen) atoms. The predicted molar refractivity (Wildman–Crippen MR) is 28.6 cm³/mol. The zero-order valence-electron chi connectivity index (χ0n) is 4.67. The molecule has 1 aromatic heterocycles. The van der Waals surface area contributed by atoms with Crippen molar-refractivity contribution >= 4 is 0 Å². The van der Waals surface area contributed by atoms with Gasteiger partial charge in [0, 0.05) is 11.8 Å². The van der Waals surface area contributed by atoms with Crippen LogP contribution >= 0.6 is 0 Å². The number of nitrogens with zero attached hydrogens (tertiary/aromatic N) is 1. The quantitative estimate of drug-likeness (QED) is 0.555. The Balaban J connectivity index is 2.94. The van der Waals surface area contributed by atoms with Crippen molar-refractivity contribution in [2.45, 2.75) is 6.61 Å². The summed E-state index contributed by atoms with van der Waals surface area (Å²) in [5.74, 6) is -0.455. The molecular weight excluding hydrogens is 121 g/mol. The van der Waals surface area contributed by atoms with E-state index in [1.807, 2.05) is 0 Å². The van der Waals surface area contributed by atoms with E-state index in [0.717, 1.165) is 6.20 Å². The van der Waals surface area contributed by atoms with E-state index in [0.29, 0.717) is 5.56 Å². The minimum atomic E-state index is -0.455. The molecule has 0 aliphatic heterocycles. The Bertz CT molecular complexity index is 202. The monoisotopic (exact) mass is 126 g/mol. The van der Waals surface area contributed by atoms with Gasteiger partial charge in [-0.1, -0.05) is 0 Å². The maximum absolute atomic E-state index is 12.2. The Morgan fingerprint density at radius 1 is 1.56 bits per heavy atom. The standard InChI is InChI=1S/C6H5FNO/c7-6-1-5(4-9)2-8-3-6/h1-3H,4H2. The number of aromatic nitrogens is 1. The van der Waals surface area contributed by atoms with Gasteiger partial charge in [-0.2, -0.15) is 0 Å². The normalized spacial score (nSPS) is 9.56. The van der Waals surface area contributed by atoms with E-state index in [9.17, 15) is 9.50 Å². The second-order valence-corrected chi connectivity index (χ2v) is 1.66. The average Bonchev–Trinajstić information content (AvgIpc) is 1.88. The molecule has 1 heterocycles. The molecule has 47 valence electrons. The minimum absolute atomic E-state index is 0.384. The van der Waals surface area contributed by atoms with E-state index < -0.39 is 12.4 Å². The Morgan fingerprint density at radius 2 is 2.33 bits per heavy atom. The summed E-state index contributed by atoms with van der Waals surface area (Å²) in [5, 5.41) is 10.1. The third-order valence-electron chi connectivity index (χ3n) is 0.928. The van der Waals surface area contributed by atoms with Crippen LogP contribution in [-0.4, -0.2) is 4.98 Å². The predicted octanol–water partition coefficient (Wildman–Crippen LogP) is 1.15. The van der Waals surface area contributed by atoms with Gasteiger partial charge in [-0.05, 0) is 6.07 Å². The van der Waals surface area contributed by atoms with Crippen LogP contribution in [0.5, 0.6) is 0 Å². The van der Waals surface area contributed by atoms with Gasteiger partial charge in [0.15, 0.2) is 0 Å². The maximum atomic E-state index is 12.2. The first-order chi connectivity index (χ1) is 4.33. The largest absolute Gasteiger partial charge is 0.261 e. The van der Waals surface area contributed by atoms with E-state index in [1.54, 1.807) is 0 Å². The van der Waals surface area contributed by atoms with Crippen molar-refractivity contribution < 1.29 is 9.50 Å². The summed E-state index contributed by atoms with van der Waals surface area (Å²) in [6.07, 6.45) is 2.43. The average molecular weight is 126 g/mol. The fourth-order valence-electron chi connectivity index (χ4n) is 0.535. The Kier molecular flexibility index (Phi) is 1.75. The summed E-state index contributed by atoms with van der Waals surface area (Å²) in [4.78, 5) is 3.48. The lowest BCUT2D eigenvalue weighted by Gasteiger charge is -1.90. The summed E-state index contributed by atoms with van der Waals surface area (Å²) >= 11 is 0. The van der Waals surface area contributed by atoms with E-state index in [-0.39, 0.29) is 0 Å². The molecular formula is C6H5FNO. The zero-order valence-corrected chi connectivity index (χ0v) is 4.67. The van der Waals surface area contributed by atoms with Crippen LogP contribution in [0.2, 0.25) is 0 Å². The van der Waals surface area contributed by atoms with Gasteiger partial charge in [-0.25, -0.2) is 9.50 Å². The van der Waals surface area contributed by atoms with Crippen LogP contribution in [0.3, 0.4) is 0 Å². The van der Waals surface area contributed by atoms with Gasteiger partial charge in [-0.15, -0.1) is 0 Å². The smallest absolute Gasteiger partial charge is 0.141 e. The second-order valence-electron chi connectivity index (χ2n) is 1.66. The Labute approximate surface area is 52.0 Å². The van der Waals surface area contributed by atoms with Crippen LogP contribution in [0.25, 0.3) is 0 Å². The van der Waals surface area contributed by atoms with Gasteiger partial charge in [-0.3, -0.25) is 4.98 Å². The topological polar surface area (TPSA) is 32.8 Å². The molecule has 0 bridgehead atoms. The highest BCUT2D eigenvalue weighted by atomic mass is 19.1. The molecule has 0 saturated carbocycles. The molecule has 0 N–H and O–H groups in total. The molecule has 0 amide bonds. The van der Waals surface area contributed by atoms with Crippen LogP contribution < -0.4 is 0 Å². The van der Waals surface area contributed by atoms with Gasteiger partial charge >= 0.3 is 0 Å². The molecule has 0 atom stereocenters. The van der Waals surface area contributed by atoms with Gasteiger partial charge in [0.25, 0.3) is 0 Å². The fraction of sp³-hybridized carbons (Fsp3) is 0.167. The third-order valence-corrected chi connectivity index (χ3v) is 0.928. The van der Waals surface area contributed by atoms with E-state index in [1.165, 1.54) is 12.3 Å². The summed E-state index contributed by atoms with van der Waals surface area (Å²) in [6, 6.07) is 1.18. The van der Waals surface area contributed by atoms with Crippen molar-refractivity contribution in [3.8, 4) is 0 Å². The van der Waals surface area contributed by atoms with E-state index in [2.05, 4.69) is 4.98 Å². The number of hydrogen-bond acceptors (Lipinski definition) is 1. The third kappa shape index (κ3) is 1.47. The van der Waals surface area contributed by atoms with Gasteiger partial charge in [0.1, 0.15) is 12.4 Å². The molecule has 0 aliphatic rings. The molecule has 0 aromatic carbocycles. The van der Waals surface area contributed by atoms with Gasteiger partial charge in [0.05, 0.1) is 6.20 Å². The van der Waals surface area contributed by atoms with E-state index in [4.69, 9.17) is 0 Å². The van der Waals surface area contributed by atoms with Crippen molar-refractivity contribution in [2.24, 2.45) is 0 Å². The van der Waals surface area contributed by atoms with E-state index >= 15 is 0 Å². The highest BCUT2D eigenvalue weighted by molar-refractivity contribution is 5.08. The van der Waals surface area contributed by atoms with Crippen molar-refractivity contribution in [1.82, 2.24) is 4.98 Å². The number of pyridine rings is 1. The van der Waals surface area contributed by atoms with Crippen LogP contribution in [0.4, 0.5) is 4.39 Å². The summed E-state index contributed by atoms with van der Waals surface area (Å²) < 4.78 is 12.2. The molecule has 0 fully saturated rings. The molecule has 3 heteroatoms. The molecule has 0 unspecified atom stereocenters. The first kappa shape index (κ1) is 6.16. The first-order valence-corrected chi connectivity index (χ1v) is 2.50. The fourth-order valence-corrected chi connectivity index (χ4v) is 0.535. The molecule has 0 aliphatic carbocycles.